The number of allylic oxidation sites excluding steroid dienone is 1. The molecule has 0 spiro atoms. The van der Waals surface area contributed by atoms with Crippen molar-refractivity contribution in [1.29, 1.82) is 0 Å². The lowest BCUT2D eigenvalue weighted by molar-refractivity contribution is 0.414. The average Bonchev–Trinajstić information content (AvgIpc) is 3.13. The molecule has 0 saturated heterocycles. The highest BCUT2D eigenvalue weighted by molar-refractivity contribution is 5.59. The van der Waals surface area contributed by atoms with Gasteiger partial charge in [-0.1, -0.05) is 54.6 Å². The van der Waals surface area contributed by atoms with Crippen LogP contribution in [0.2, 0.25) is 0 Å². The predicted molar refractivity (Wildman–Crippen MR) is 74.0 cm³/mol. The Morgan fingerprint density at radius 2 is 1.50 bits per heavy atom. The van der Waals surface area contributed by atoms with Crippen LogP contribution in [0.3, 0.4) is 0 Å². The molecule has 0 amide bonds. The molecule has 1 unspecified atom stereocenters. The molecule has 1 aliphatic carbocycles. The molecule has 0 bridgehead atoms. The van der Waals surface area contributed by atoms with E-state index in [-0.39, 0.29) is 5.41 Å². The summed E-state index contributed by atoms with van der Waals surface area (Å²) in [6.45, 7) is 4.18. The molecule has 0 N–H and O–H groups in total. The van der Waals surface area contributed by atoms with Gasteiger partial charge in [-0.2, -0.15) is 0 Å². The molecule has 1 heteroatoms. The monoisotopic (exact) mass is 236 g/mol. The Kier molecular flexibility index (Phi) is 2.48. The van der Waals surface area contributed by atoms with Gasteiger partial charge >= 0.3 is 0 Å². The normalized spacial score (nSPS) is 21.7. The van der Waals surface area contributed by atoms with Crippen LogP contribution < -0.4 is 4.74 Å². The molecule has 1 fully saturated rings. The summed E-state index contributed by atoms with van der Waals surface area (Å²) in [5.41, 5.74) is 3.96. The van der Waals surface area contributed by atoms with Crippen LogP contribution in [0.15, 0.2) is 66.7 Å². The maximum absolute atomic E-state index is 5.21. The first kappa shape index (κ1) is 11.1. The Morgan fingerprint density at radius 3 is 2.00 bits per heavy atom. The summed E-state index contributed by atoms with van der Waals surface area (Å²) >= 11 is 0. The van der Waals surface area contributed by atoms with E-state index in [0.717, 1.165) is 12.2 Å². The summed E-state index contributed by atoms with van der Waals surface area (Å²) in [5.74, 6) is 0.897. The highest BCUT2D eigenvalue weighted by Gasteiger charge is 2.49. The third-order valence-electron chi connectivity index (χ3n) is 3.81. The van der Waals surface area contributed by atoms with Crippen molar-refractivity contribution in [3.8, 4) is 5.75 Å². The van der Waals surface area contributed by atoms with Gasteiger partial charge in [-0.25, -0.2) is 0 Å². The number of ether oxygens (including phenoxy) is 1. The molecule has 3 rings (SSSR count). The van der Waals surface area contributed by atoms with Crippen molar-refractivity contribution >= 4 is 0 Å². The Morgan fingerprint density at radius 1 is 0.944 bits per heavy atom. The standard InChI is InChI=1S/C17H16O/c1-13-12-17(13,14-6-4-3-5-7-14)15-8-10-16(18-2)11-9-15/h3-11H,1,12H2,2H3. The maximum atomic E-state index is 5.21. The summed E-state index contributed by atoms with van der Waals surface area (Å²) in [7, 11) is 1.69. The summed E-state index contributed by atoms with van der Waals surface area (Å²) in [5, 5.41) is 0. The Bertz CT molecular complexity index is 568. The second kappa shape index (κ2) is 4.02. The number of benzene rings is 2. The predicted octanol–water partition coefficient (Wildman–Crippen LogP) is 3.94. The van der Waals surface area contributed by atoms with Crippen LogP contribution in [0.5, 0.6) is 5.75 Å². The van der Waals surface area contributed by atoms with Gasteiger partial charge in [0.15, 0.2) is 0 Å². The second-order valence-electron chi connectivity index (χ2n) is 4.78. The Labute approximate surface area is 108 Å². The van der Waals surface area contributed by atoms with Crippen molar-refractivity contribution in [3.63, 3.8) is 0 Å². The molecule has 18 heavy (non-hydrogen) atoms. The molecule has 1 aliphatic rings. The molecule has 0 heterocycles. The quantitative estimate of drug-likeness (QED) is 0.733. The van der Waals surface area contributed by atoms with Crippen molar-refractivity contribution in [2.24, 2.45) is 0 Å². The SMILES string of the molecule is C=C1CC1(c1ccccc1)c1ccc(OC)cc1. The zero-order valence-electron chi connectivity index (χ0n) is 10.5. The Balaban J connectivity index is 2.05. The number of hydrogen-bond donors (Lipinski definition) is 0. The van der Waals surface area contributed by atoms with Gasteiger partial charge < -0.3 is 4.74 Å². The van der Waals surface area contributed by atoms with E-state index in [0.29, 0.717) is 0 Å². The minimum absolute atomic E-state index is 0.0352. The van der Waals surface area contributed by atoms with Gasteiger partial charge in [0.1, 0.15) is 5.75 Å². The lowest BCUT2D eigenvalue weighted by atomic mass is 9.87. The maximum Gasteiger partial charge on any atom is 0.118 e. The van der Waals surface area contributed by atoms with Crippen molar-refractivity contribution in [1.82, 2.24) is 0 Å². The van der Waals surface area contributed by atoms with Crippen LogP contribution >= 0.6 is 0 Å². The molecular weight excluding hydrogens is 220 g/mol. The van der Waals surface area contributed by atoms with E-state index in [4.69, 9.17) is 4.74 Å². The number of rotatable bonds is 3. The van der Waals surface area contributed by atoms with E-state index in [1.165, 1.54) is 16.7 Å². The lowest BCUT2D eigenvalue weighted by Gasteiger charge is -2.16. The van der Waals surface area contributed by atoms with Crippen LogP contribution in [0.1, 0.15) is 17.5 Å². The molecule has 2 aromatic rings. The van der Waals surface area contributed by atoms with Gasteiger partial charge in [-0.3, -0.25) is 0 Å². The number of hydrogen-bond acceptors (Lipinski definition) is 1. The fourth-order valence-corrected chi connectivity index (χ4v) is 2.65. The smallest absolute Gasteiger partial charge is 0.118 e. The molecule has 0 aliphatic heterocycles. The molecule has 1 saturated carbocycles. The van der Waals surface area contributed by atoms with E-state index < -0.39 is 0 Å². The van der Waals surface area contributed by atoms with E-state index in [1.807, 2.05) is 12.1 Å². The average molecular weight is 236 g/mol. The second-order valence-corrected chi connectivity index (χ2v) is 4.78. The minimum Gasteiger partial charge on any atom is -0.497 e. The fraction of sp³-hybridized carbons (Fsp3) is 0.176. The van der Waals surface area contributed by atoms with Gasteiger partial charge in [-0.05, 0) is 29.7 Å². The van der Waals surface area contributed by atoms with Crippen molar-refractivity contribution in [2.75, 3.05) is 7.11 Å². The van der Waals surface area contributed by atoms with Gasteiger partial charge in [0.25, 0.3) is 0 Å². The highest BCUT2D eigenvalue weighted by Crippen LogP contribution is 2.57. The highest BCUT2D eigenvalue weighted by atomic mass is 16.5. The molecule has 0 radical (unpaired) electrons. The van der Waals surface area contributed by atoms with Gasteiger partial charge in [0.2, 0.25) is 0 Å². The molecule has 1 atom stereocenters. The topological polar surface area (TPSA) is 9.23 Å². The fourth-order valence-electron chi connectivity index (χ4n) is 2.65. The summed E-state index contributed by atoms with van der Waals surface area (Å²) in [6.07, 6.45) is 1.04. The van der Waals surface area contributed by atoms with E-state index in [9.17, 15) is 0 Å². The molecule has 0 aromatic heterocycles. The summed E-state index contributed by atoms with van der Waals surface area (Å²) in [4.78, 5) is 0. The zero-order valence-corrected chi connectivity index (χ0v) is 10.5. The van der Waals surface area contributed by atoms with Crippen molar-refractivity contribution < 1.29 is 4.74 Å². The first-order chi connectivity index (χ1) is 8.77. The first-order valence-electron chi connectivity index (χ1n) is 6.16. The van der Waals surface area contributed by atoms with Crippen LogP contribution in [0, 0.1) is 0 Å². The zero-order chi connectivity index (χ0) is 12.6. The largest absolute Gasteiger partial charge is 0.497 e. The summed E-state index contributed by atoms with van der Waals surface area (Å²) in [6, 6.07) is 18.9. The third-order valence-corrected chi connectivity index (χ3v) is 3.81. The van der Waals surface area contributed by atoms with E-state index in [1.54, 1.807) is 7.11 Å². The van der Waals surface area contributed by atoms with Crippen LogP contribution in [-0.4, -0.2) is 7.11 Å². The third kappa shape index (κ3) is 1.55. The van der Waals surface area contributed by atoms with Crippen molar-refractivity contribution in [2.45, 2.75) is 11.8 Å². The molecule has 1 nitrogen and oxygen atoms in total. The van der Waals surface area contributed by atoms with Crippen LogP contribution in [0.4, 0.5) is 0 Å². The van der Waals surface area contributed by atoms with Crippen LogP contribution in [-0.2, 0) is 5.41 Å². The molecular formula is C17H16O. The first-order valence-corrected chi connectivity index (χ1v) is 6.16. The number of methoxy groups -OCH3 is 1. The van der Waals surface area contributed by atoms with Crippen LogP contribution in [0.25, 0.3) is 0 Å². The van der Waals surface area contributed by atoms with Gasteiger partial charge in [-0.15, -0.1) is 0 Å². The lowest BCUT2D eigenvalue weighted by Crippen LogP contribution is -2.08. The summed E-state index contributed by atoms with van der Waals surface area (Å²) < 4.78 is 5.21. The Hall–Kier alpha value is -2.02. The van der Waals surface area contributed by atoms with Crippen molar-refractivity contribution in [3.05, 3.63) is 77.9 Å². The molecule has 2 aromatic carbocycles. The van der Waals surface area contributed by atoms with Gasteiger partial charge in [0.05, 0.1) is 7.11 Å². The van der Waals surface area contributed by atoms with Gasteiger partial charge in [0, 0.05) is 5.41 Å². The van der Waals surface area contributed by atoms with E-state index >= 15 is 0 Å². The molecule has 90 valence electrons. The minimum atomic E-state index is 0.0352. The van der Waals surface area contributed by atoms with E-state index in [2.05, 4.69) is 49.0 Å².